The Hall–Kier alpha value is -0.420. The lowest BCUT2D eigenvalue weighted by Crippen LogP contribution is -2.46. The van der Waals surface area contributed by atoms with Gasteiger partial charge < -0.3 is 10.5 Å². The molecule has 1 fully saturated rings. The van der Waals surface area contributed by atoms with Gasteiger partial charge in [0.2, 0.25) is 0 Å². The van der Waals surface area contributed by atoms with Gasteiger partial charge in [-0.1, -0.05) is 28.1 Å². The topological polar surface area (TPSA) is 38.5 Å². The summed E-state index contributed by atoms with van der Waals surface area (Å²) in [4.78, 5) is 2.31. The molecule has 0 bridgehead atoms. The van der Waals surface area contributed by atoms with Crippen LogP contribution >= 0.6 is 15.9 Å². The van der Waals surface area contributed by atoms with Crippen LogP contribution in [0.15, 0.2) is 28.7 Å². The van der Waals surface area contributed by atoms with Crippen LogP contribution in [0.25, 0.3) is 0 Å². The van der Waals surface area contributed by atoms with E-state index in [1.54, 1.807) is 0 Å². The molecule has 1 aliphatic heterocycles. The normalized spacial score (nSPS) is 24.9. The van der Waals surface area contributed by atoms with Crippen molar-refractivity contribution in [2.45, 2.75) is 44.6 Å². The van der Waals surface area contributed by atoms with E-state index in [1.807, 2.05) is 0 Å². The second kappa shape index (κ2) is 6.84. The smallest absolute Gasteiger partial charge is 0.0747 e. The molecule has 0 aliphatic carbocycles. The minimum atomic E-state index is 0.278. The Labute approximate surface area is 124 Å². The molecule has 106 valence electrons. The van der Waals surface area contributed by atoms with Crippen LogP contribution in [-0.2, 0) is 11.3 Å². The van der Waals surface area contributed by atoms with E-state index >= 15 is 0 Å². The van der Waals surface area contributed by atoms with Crippen LogP contribution in [-0.4, -0.2) is 36.7 Å². The number of rotatable bonds is 5. The van der Waals surface area contributed by atoms with E-state index in [0.29, 0.717) is 18.7 Å². The molecule has 19 heavy (non-hydrogen) atoms. The van der Waals surface area contributed by atoms with Crippen LogP contribution in [0.2, 0.25) is 0 Å². The minimum absolute atomic E-state index is 0.278. The number of nitrogens with two attached hydrogens (primary N) is 1. The fraction of sp³-hybridized carbons (Fsp3) is 0.600. The summed E-state index contributed by atoms with van der Waals surface area (Å²) in [5.74, 6) is 0. The van der Waals surface area contributed by atoms with Crippen molar-refractivity contribution in [1.29, 1.82) is 0 Å². The third-order valence-electron chi connectivity index (χ3n) is 3.85. The van der Waals surface area contributed by atoms with Gasteiger partial charge in [-0.05, 0) is 44.5 Å². The summed E-state index contributed by atoms with van der Waals surface area (Å²) in [5.41, 5.74) is 7.25. The lowest BCUT2D eigenvalue weighted by atomic mass is 10.1. The SMILES string of the molecule is CC1CCC(C(CN)N(C)Cc2ccc(Br)cc2)O1. The summed E-state index contributed by atoms with van der Waals surface area (Å²) >= 11 is 3.46. The monoisotopic (exact) mass is 326 g/mol. The van der Waals surface area contributed by atoms with Crippen LogP contribution in [0.1, 0.15) is 25.3 Å². The number of nitrogens with zero attached hydrogens (tertiary/aromatic N) is 1. The maximum absolute atomic E-state index is 5.96. The highest BCUT2D eigenvalue weighted by atomic mass is 79.9. The summed E-state index contributed by atoms with van der Waals surface area (Å²) in [5, 5.41) is 0. The predicted octanol–water partition coefficient (Wildman–Crippen LogP) is 2.78. The predicted molar refractivity (Wildman–Crippen MR) is 82.0 cm³/mol. The van der Waals surface area contributed by atoms with E-state index in [4.69, 9.17) is 10.5 Å². The van der Waals surface area contributed by atoms with Crippen LogP contribution in [0.5, 0.6) is 0 Å². The zero-order valence-electron chi connectivity index (χ0n) is 11.7. The van der Waals surface area contributed by atoms with E-state index in [9.17, 15) is 0 Å². The number of halogens is 1. The molecule has 2 rings (SSSR count). The molecule has 2 N–H and O–H groups in total. The van der Waals surface area contributed by atoms with Crippen molar-refractivity contribution < 1.29 is 4.74 Å². The van der Waals surface area contributed by atoms with Gasteiger partial charge in [0.25, 0.3) is 0 Å². The first kappa shape index (κ1) is 15.0. The molecule has 0 aromatic heterocycles. The standard InChI is InChI=1S/C15H23BrN2O/c1-11-3-8-15(19-11)14(9-17)18(2)10-12-4-6-13(16)7-5-12/h4-7,11,14-15H,3,8-10,17H2,1-2H3. The first-order chi connectivity index (χ1) is 9.10. The molecule has 1 aromatic carbocycles. The van der Waals surface area contributed by atoms with E-state index in [0.717, 1.165) is 23.9 Å². The number of benzene rings is 1. The molecule has 4 heteroatoms. The van der Waals surface area contributed by atoms with Crippen molar-refractivity contribution >= 4 is 15.9 Å². The van der Waals surface area contributed by atoms with Gasteiger partial charge in [0, 0.05) is 23.6 Å². The molecule has 0 saturated carbocycles. The lowest BCUT2D eigenvalue weighted by molar-refractivity contribution is 0.000842. The highest BCUT2D eigenvalue weighted by molar-refractivity contribution is 9.10. The molecule has 3 unspecified atom stereocenters. The van der Waals surface area contributed by atoms with Gasteiger partial charge in [-0.3, -0.25) is 4.90 Å². The molecule has 0 spiro atoms. The average molecular weight is 327 g/mol. The van der Waals surface area contributed by atoms with E-state index in [-0.39, 0.29) is 6.10 Å². The quantitative estimate of drug-likeness (QED) is 0.904. The molecule has 1 saturated heterocycles. The second-order valence-electron chi connectivity index (χ2n) is 5.41. The van der Waals surface area contributed by atoms with Gasteiger partial charge in [0.1, 0.15) is 0 Å². The fourth-order valence-electron chi connectivity index (χ4n) is 2.73. The maximum atomic E-state index is 5.96. The molecule has 1 aromatic rings. The van der Waals surface area contributed by atoms with Crippen molar-refractivity contribution in [2.24, 2.45) is 5.73 Å². The summed E-state index contributed by atoms with van der Waals surface area (Å²) in [7, 11) is 2.13. The van der Waals surface area contributed by atoms with Crippen molar-refractivity contribution in [3.63, 3.8) is 0 Å². The number of likely N-dealkylation sites (N-methyl/N-ethyl adjacent to an activating group) is 1. The molecular weight excluding hydrogens is 304 g/mol. The van der Waals surface area contributed by atoms with Crippen molar-refractivity contribution in [1.82, 2.24) is 4.90 Å². The molecule has 3 atom stereocenters. The first-order valence-electron chi connectivity index (χ1n) is 6.90. The summed E-state index contributed by atoms with van der Waals surface area (Å²) < 4.78 is 7.08. The third kappa shape index (κ3) is 4.02. The van der Waals surface area contributed by atoms with Gasteiger partial charge in [-0.15, -0.1) is 0 Å². The van der Waals surface area contributed by atoms with Gasteiger partial charge in [0.05, 0.1) is 12.2 Å². The van der Waals surface area contributed by atoms with E-state index < -0.39 is 0 Å². The van der Waals surface area contributed by atoms with E-state index in [1.165, 1.54) is 5.56 Å². The zero-order valence-corrected chi connectivity index (χ0v) is 13.3. The number of ether oxygens (including phenoxy) is 1. The first-order valence-corrected chi connectivity index (χ1v) is 7.69. The Bertz CT molecular complexity index is 396. The number of hydrogen-bond acceptors (Lipinski definition) is 3. The van der Waals surface area contributed by atoms with Gasteiger partial charge in [0.15, 0.2) is 0 Å². The lowest BCUT2D eigenvalue weighted by Gasteiger charge is -2.31. The summed E-state index contributed by atoms with van der Waals surface area (Å²) in [6, 6.07) is 8.75. The fourth-order valence-corrected chi connectivity index (χ4v) is 2.99. The van der Waals surface area contributed by atoms with Gasteiger partial charge in [-0.25, -0.2) is 0 Å². The molecule has 0 radical (unpaired) electrons. The Morgan fingerprint density at radius 2 is 2.05 bits per heavy atom. The second-order valence-corrected chi connectivity index (χ2v) is 6.32. The molecule has 0 amide bonds. The largest absolute Gasteiger partial charge is 0.374 e. The van der Waals surface area contributed by atoms with Crippen LogP contribution in [0.4, 0.5) is 0 Å². The average Bonchev–Trinajstić information content (AvgIpc) is 2.80. The third-order valence-corrected chi connectivity index (χ3v) is 4.38. The van der Waals surface area contributed by atoms with Crippen molar-refractivity contribution in [3.8, 4) is 0 Å². The maximum Gasteiger partial charge on any atom is 0.0747 e. The molecular formula is C15H23BrN2O. The van der Waals surface area contributed by atoms with E-state index in [2.05, 4.69) is 59.1 Å². The Kier molecular flexibility index (Phi) is 5.39. The number of hydrogen-bond donors (Lipinski definition) is 1. The van der Waals surface area contributed by atoms with Crippen LogP contribution in [0, 0.1) is 0 Å². The summed E-state index contributed by atoms with van der Waals surface area (Å²) in [6.07, 6.45) is 2.92. The zero-order chi connectivity index (χ0) is 13.8. The van der Waals surface area contributed by atoms with Gasteiger partial charge >= 0.3 is 0 Å². The highest BCUT2D eigenvalue weighted by Crippen LogP contribution is 2.24. The van der Waals surface area contributed by atoms with Crippen molar-refractivity contribution in [2.75, 3.05) is 13.6 Å². The summed E-state index contributed by atoms with van der Waals surface area (Å²) in [6.45, 7) is 3.69. The molecule has 1 aliphatic rings. The Morgan fingerprint density at radius 1 is 1.37 bits per heavy atom. The molecule has 1 heterocycles. The molecule has 3 nitrogen and oxygen atoms in total. The van der Waals surface area contributed by atoms with Gasteiger partial charge in [-0.2, -0.15) is 0 Å². The van der Waals surface area contributed by atoms with Crippen LogP contribution < -0.4 is 5.73 Å². The Morgan fingerprint density at radius 3 is 2.58 bits per heavy atom. The highest BCUT2D eigenvalue weighted by Gasteiger charge is 2.31. The Balaban J connectivity index is 1.96. The minimum Gasteiger partial charge on any atom is -0.374 e. The van der Waals surface area contributed by atoms with Crippen molar-refractivity contribution in [3.05, 3.63) is 34.3 Å². The van der Waals surface area contributed by atoms with Crippen LogP contribution in [0.3, 0.4) is 0 Å².